The van der Waals surface area contributed by atoms with Crippen molar-refractivity contribution in [2.45, 2.75) is 52.0 Å². The van der Waals surface area contributed by atoms with Gasteiger partial charge in [0, 0.05) is 6.04 Å². The van der Waals surface area contributed by atoms with Crippen molar-refractivity contribution in [1.29, 1.82) is 0 Å². The lowest BCUT2D eigenvalue weighted by atomic mass is 9.81. The van der Waals surface area contributed by atoms with Crippen molar-refractivity contribution >= 4 is 0 Å². The maximum Gasteiger partial charge on any atom is 0.0219 e. The third-order valence-electron chi connectivity index (χ3n) is 3.51. The number of hydrogen-bond donors (Lipinski definition) is 1. The second-order valence-corrected chi connectivity index (χ2v) is 4.89. The molecule has 0 saturated heterocycles. The highest BCUT2D eigenvalue weighted by atomic mass is 14.9. The van der Waals surface area contributed by atoms with Crippen molar-refractivity contribution in [2.24, 2.45) is 11.8 Å². The average Bonchev–Trinajstić information content (AvgIpc) is 2.21. The van der Waals surface area contributed by atoms with Crippen molar-refractivity contribution in [1.82, 2.24) is 5.32 Å². The van der Waals surface area contributed by atoms with E-state index in [1.807, 2.05) is 6.08 Å². The summed E-state index contributed by atoms with van der Waals surface area (Å²) in [5.41, 5.74) is 0. The summed E-state index contributed by atoms with van der Waals surface area (Å²) < 4.78 is 0. The molecule has 0 aromatic carbocycles. The predicted molar refractivity (Wildman–Crippen MR) is 63.4 cm³/mol. The van der Waals surface area contributed by atoms with Crippen LogP contribution in [0.4, 0.5) is 0 Å². The van der Waals surface area contributed by atoms with E-state index >= 15 is 0 Å². The molecule has 1 aliphatic carbocycles. The van der Waals surface area contributed by atoms with Crippen LogP contribution >= 0.6 is 0 Å². The van der Waals surface area contributed by atoms with Gasteiger partial charge in [-0.05, 0) is 31.7 Å². The molecule has 0 bridgehead atoms. The normalized spacial score (nSPS) is 29.9. The summed E-state index contributed by atoms with van der Waals surface area (Å²) in [4.78, 5) is 0. The zero-order valence-electron chi connectivity index (χ0n) is 9.76. The van der Waals surface area contributed by atoms with Crippen LogP contribution in [0.15, 0.2) is 12.7 Å². The van der Waals surface area contributed by atoms with Crippen LogP contribution in [-0.2, 0) is 0 Å². The molecule has 14 heavy (non-hydrogen) atoms. The third kappa shape index (κ3) is 4.28. The summed E-state index contributed by atoms with van der Waals surface area (Å²) in [6.07, 6.45) is 9.12. The van der Waals surface area contributed by atoms with Crippen LogP contribution in [-0.4, -0.2) is 12.6 Å². The van der Waals surface area contributed by atoms with E-state index in [4.69, 9.17) is 0 Å². The Balaban J connectivity index is 2.04. The van der Waals surface area contributed by atoms with Crippen molar-refractivity contribution in [3.63, 3.8) is 0 Å². The molecular formula is C13H25N. The topological polar surface area (TPSA) is 12.0 Å². The van der Waals surface area contributed by atoms with Crippen LogP contribution in [0.3, 0.4) is 0 Å². The van der Waals surface area contributed by atoms with Crippen LogP contribution in [0, 0.1) is 11.8 Å². The zero-order chi connectivity index (χ0) is 10.4. The SMILES string of the molecule is C=CC(C)NCCC1CCC(C)CC1. The van der Waals surface area contributed by atoms with Gasteiger partial charge in [0.1, 0.15) is 0 Å². The summed E-state index contributed by atoms with van der Waals surface area (Å²) in [5, 5.41) is 3.47. The lowest BCUT2D eigenvalue weighted by Crippen LogP contribution is -2.27. The van der Waals surface area contributed by atoms with Crippen LogP contribution in [0.5, 0.6) is 0 Å². The number of nitrogens with one attached hydrogen (secondary N) is 1. The van der Waals surface area contributed by atoms with Gasteiger partial charge < -0.3 is 5.32 Å². The zero-order valence-corrected chi connectivity index (χ0v) is 9.76. The van der Waals surface area contributed by atoms with Crippen molar-refractivity contribution in [3.05, 3.63) is 12.7 Å². The first-order chi connectivity index (χ1) is 6.72. The van der Waals surface area contributed by atoms with E-state index in [9.17, 15) is 0 Å². The van der Waals surface area contributed by atoms with E-state index in [2.05, 4.69) is 25.7 Å². The quantitative estimate of drug-likeness (QED) is 0.663. The van der Waals surface area contributed by atoms with Crippen molar-refractivity contribution in [3.8, 4) is 0 Å². The molecule has 0 heterocycles. The minimum Gasteiger partial charge on any atom is -0.311 e. The van der Waals surface area contributed by atoms with Gasteiger partial charge in [0.15, 0.2) is 0 Å². The molecule has 1 aliphatic rings. The Bertz CT molecular complexity index is 157. The largest absolute Gasteiger partial charge is 0.311 e. The maximum absolute atomic E-state index is 3.77. The molecule has 1 atom stereocenters. The summed E-state index contributed by atoms with van der Waals surface area (Å²) in [5.74, 6) is 1.96. The van der Waals surface area contributed by atoms with Gasteiger partial charge in [-0.1, -0.05) is 38.7 Å². The Hall–Kier alpha value is -0.300. The van der Waals surface area contributed by atoms with Crippen molar-refractivity contribution in [2.75, 3.05) is 6.54 Å². The molecule has 1 heteroatoms. The van der Waals surface area contributed by atoms with E-state index < -0.39 is 0 Å². The molecule has 1 N–H and O–H groups in total. The van der Waals surface area contributed by atoms with Crippen LogP contribution in [0.1, 0.15) is 46.0 Å². The maximum atomic E-state index is 3.77. The molecule has 82 valence electrons. The fourth-order valence-electron chi connectivity index (χ4n) is 2.22. The van der Waals surface area contributed by atoms with E-state index in [0.29, 0.717) is 6.04 Å². The van der Waals surface area contributed by atoms with E-state index in [0.717, 1.165) is 18.4 Å². The highest BCUT2D eigenvalue weighted by Gasteiger charge is 2.17. The summed E-state index contributed by atoms with van der Waals surface area (Å²) >= 11 is 0. The van der Waals surface area contributed by atoms with Gasteiger partial charge >= 0.3 is 0 Å². The highest BCUT2D eigenvalue weighted by molar-refractivity contribution is 4.81. The molecule has 0 aromatic heterocycles. The Kier molecular flexibility index (Phi) is 5.24. The predicted octanol–water partition coefficient (Wildman–Crippen LogP) is 3.37. The fourth-order valence-corrected chi connectivity index (χ4v) is 2.22. The second kappa shape index (κ2) is 6.23. The smallest absolute Gasteiger partial charge is 0.0219 e. The lowest BCUT2D eigenvalue weighted by molar-refractivity contribution is 0.274. The van der Waals surface area contributed by atoms with Crippen molar-refractivity contribution < 1.29 is 0 Å². The second-order valence-electron chi connectivity index (χ2n) is 4.89. The van der Waals surface area contributed by atoms with E-state index in [-0.39, 0.29) is 0 Å². The molecule has 0 aliphatic heterocycles. The van der Waals surface area contributed by atoms with Crippen LogP contribution < -0.4 is 5.32 Å². The number of hydrogen-bond acceptors (Lipinski definition) is 1. The van der Waals surface area contributed by atoms with Crippen LogP contribution in [0.2, 0.25) is 0 Å². The molecular weight excluding hydrogens is 170 g/mol. The minimum atomic E-state index is 0.470. The summed E-state index contributed by atoms with van der Waals surface area (Å²) in [7, 11) is 0. The molecule has 0 aromatic rings. The standard InChI is InChI=1S/C13H25N/c1-4-12(3)14-10-9-13-7-5-11(2)6-8-13/h4,11-14H,1,5-10H2,2-3H3. The Labute approximate surface area is 89.0 Å². The number of rotatable bonds is 5. The van der Waals surface area contributed by atoms with E-state index in [1.54, 1.807) is 0 Å². The minimum absolute atomic E-state index is 0.470. The van der Waals surface area contributed by atoms with Gasteiger partial charge in [-0.25, -0.2) is 0 Å². The molecule has 1 fully saturated rings. The van der Waals surface area contributed by atoms with Gasteiger partial charge in [-0.3, -0.25) is 0 Å². The fraction of sp³-hybridized carbons (Fsp3) is 0.846. The van der Waals surface area contributed by atoms with Gasteiger partial charge in [-0.2, -0.15) is 0 Å². The van der Waals surface area contributed by atoms with Gasteiger partial charge in [-0.15, -0.1) is 6.58 Å². The first-order valence-electron chi connectivity index (χ1n) is 6.08. The third-order valence-corrected chi connectivity index (χ3v) is 3.51. The molecule has 1 unspecified atom stereocenters. The Morgan fingerprint density at radius 3 is 2.57 bits per heavy atom. The first kappa shape index (κ1) is 11.8. The van der Waals surface area contributed by atoms with Gasteiger partial charge in [0.25, 0.3) is 0 Å². The molecule has 0 amide bonds. The highest BCUT2D eigenvalue weighted by Crippen LogP contribution is 2.29. The molecule has 1 nitrogen and oxygen atoms in total. The summed E-state index contributed by atoms with van der Waals surface area (Å²) in [6, 6.07) is 0.470. The average molecular weight is 195 g/mol. The van der Waals surface area contributed by atoms with Gasteiger partial charge in [0.2, 0.25) is 0 Å². The first-order valence-corrected chi connectivity index (χ1v) is 6.08. The Morgan fingerprint density at radius 2 is 2.00 bits per heavy atom. The summed E-state index contributed by atoms with van der Waals surface area (Å²) in [6.45, 7) is 9.48. The van der Waals surface area contributed by atoms with Crippen LogP contribution in [0.25, 0.3) is 0 Å². The monoisotopic (exact) mass is 195 g/mol. The lowest BCUT2D eigenvalue weighted by Gasteiger charge is -2.26. The Morgan fingerprint density at radius 1 is 1.36 bits per heavy atom. The van der Waals surface area contributed by atoms with Gasteiger partial charge in [0.05, 0.1) is 0 Å². The molecule has 1 saturated carbocycles. The van der Waals surface area contributed by atoms with E-state index in [1.165, 1.54) is 32.1 Å². The molecule has 0 spiro atoms. The molecule has 0 radical (unpaired) electrons. The molecule has 1 rings (SSSR count).